The molecule has 4 heterocycles. The van der Waals surface area contributed by atoms with Crippen molar-refractivity contribution in [3.63, 3.8) is 0 Å². The number of nitrogens with zero attached hydrogens (tertiary/aromatic N) is 7. The Morgan fingerprint density at radius 1 is 1.22 bits per heavy atom. The fourth-order valence-electron chi connectivity index (χ4n) is 3.10. The van der Waals surface area contributed by atoms with Gasteiger partial charge in [-0.3, -0.25) is 4.40 Å². The Morgan fingerprint density at radius 3 is 2.89 bits per heavy atom. The number of hydrogen-bond acceptors (Lipinski definition) is 5. The fourth-order valence-corrected chi connectivity index (χ4v) is 3.10. The third-order valence-corrected chi connectivity index (χ3v) is 4.28. The van der Waals surface area contributed by atoms with Gasteiger partial charge in [-0.1, -0.05) is 19.4 Å². The molecule has 0 radical (unpaired) electrons. The third kappa shape index (κ3) is 3.15. The molecule has 0 saturated heterocycles. The molecule has 8 heteroatoms. The number of halogens is 1. The molecule has 0 atom stereocenters. The first-order valence-electron chi connectivity index (χ1n) is 8.59. The van der Waals surface area contributed by atoms with Crippen LogP contribution < -0.4 is 0 Å². The van der Waals surface area contributed by atoms with Crippen molar-refractivity contribution in [1.29, 1.82) is 5.26 Å². The summed E-state index contributed by atoms with van der Waals surface area (Å²) >= 11 is 0. The zero-order chi connectivity index (χ0) is 18.8. The number of aryl methyl sites for hydroxylation is 1. The van der Waals surface area contributed by atoms with E-state index < -0.39 is 5.95 Å². The normalized spacial score (nSPS) is 11.0. The molecule has 4 rings (SSSR count). The molecule has 0 saturated carbocycles. The van der Waals surface area contributed by atoms with Crippen molar-refractivity contribution in [3.05, 3.63) is 66.0 Å². The number of rotatable bonds is 5. The lowest BCUT2D eigenvalue weighted by Crippen LogP contribution is -2.09. The SMILES string of the molecule is CCCc1c(Cn2ccnc2-c2cccc(F)n2)ncn2cc(C#N)nc12. The molecule has 0 N–H and O–H groups in total. The number of nitriles is 1. The van der Waals surface area contributed by atoms with Crippen LogP contribution in [0.4, 0.5) is 4.39 Å². The molecule has 0 aromatic carbocycles. The average molecular weight is 361 g/mol. The molecule has 0 amide bonds. The van der Waals surface area contributed by atoms with Gasteiger partial charge >= 0.3 is 0 Å². The molecule has 7 nitrogen and oxygen atoms in total. The summed E-state index contributed by atoms with van der Waals surface area (Å²) in [5, 5.41) is 9.12. The molecule has 0 unspecified atom stereocenters. The van der Waals surface area contributed by atoms with E-state index in [2.05, 4.69) is 32.9 Å². The molecule has 27 heavy (non-hydrogen) atoms. The van der Waals surface area contributed by atoms with Crippen LogP contribution in [-0.4, -0.2) is 28.9 Å². The second kappa shape index (κ2) is 6.96. The first kappa shape index (κ1) is 16.8. The van der Waals surface area contributed by atoms with E-state index in [1.54, 1.807) is 35.3 Å². The molecule has 0 aliphatic heterocycles. The molecule has 0 aliphatic rings. The van der Waals surface area contributed by atoms with E-state index in [0.717, 1.165) is 29.7 Å². The molecular weight excluding hydrogens is 345 g/mol. The largest absolute Gasteiger partial charge is 0.324 e. The molecule has 4 aromatic heterocycles. The van der Waals surface area contributed by atoms with Crippen molar-refractivity contribution >= 4 is 5.65 Å². The van der Waals surface area contributed by atoms with Crippen LogP contribution in [0, 0.1) is 17.3 Å². The van der Waals surface area contributed by atoms with Gasteiger partial charge in [-0.2, -0.15) is 9.65 Å². The molecular formula is C19H16FN7. The second-order valence-electron chi connectivity index (χ2n) is 6.11. The minimum absolute atomic E-state index is 0.360. The Balaban J connectivity index is 1.77. The Kier molecular flexibility index (Phi) is 4.34. The summed E-state index contributed by atoms with van der Waals surface area (Å²) in [5.74, 6) is 0.0226. The van der Waals surface area contributed by atoms with E-state index in [-0.39, 0.29) is 0 Å². The van der Waals surface area contributed by atoms with E-state index in [9.17, 15) is 4.39 Å². The standard InChI is InChI=1S/C19H16FN7/c1-2-4-14-16(23-12-27-10-13(9-21)24-18(14)27)11-26-8-7-22-19(26)15-5-3-6-17(20)25-15/h3,5-8,10,12H,2,4,11H2,1H3. The maximum Gasteiger partial charge on any atom is 0.213 e. The van der Waals surface area contributed by atoms with Crippen LogP contribution in [0.25, 0.3) is 17.2 Å². The highest BCUT2D eigenvalue weighted by Crippen LogP contribution is 2.21. The van der Waals surface area contributed by atoms with Gasteiger partial charge in [0.1, 0.15) is 23.7 Å². The molecule has 0 aliphatic carbocycles. The van der Waals surface area contributed by atoms with Crippen LogP contribution in [0.1, 0.15) is 30.3 Å². The van der Waals surface area contributed by atoms with Crippen molar-refractivity contribution in [1.82, 2.24) is 28.9 Å². The number of aromatic nitrogens is 6. The number of imidazole rings is 2. The molecule has 0 spiro atoms. The van der Waals surface area contributed by atoms with Crippen molar-refractivity contribution in [3.8, 4) is 17.6 Å². The van der Waals surface area contributed by atoms with Crippen LogP contribution in [-0.2, 0) is 13.0 Å². The molecule has 4 aromatic rings. The van der Waals surface area contributed by atoms with E-state index in [1.165, 1.54) is 6.07 Å². The van der Waals surface area contributed by atoms with Gasteiger partial charge in [0.25, 0.3) is 0 Å². The highest BCUT2D eigenvalue weighted by molar-refractivity contribution is 5.53. The Labute approximate surface area is 154 Å². The van der Waals surface area contributed by atoms with Gasteiger partial charge in [-0.05, 0) is 18.6 Å². The van der Waals surface area contributed by atoms with Crippen molar-refractivity contribution < 1.29 is 4.39 Å². The predicted molar refractivity (Wildman–Crippen MR) is 96.2 cm³/mol. The van der Waals surface area contributed by atoms with E-state index in [0.29, 0.717) is 23.8 Å². The van der Waals surface area contributed by atoms with Crippen LogP contribution in [0.2, 0.25) is 0 Å². The minimum Gasteiger partial charge on any atom is -0.324 e. The monoisotopic (exact) mass is 361 g/mol. The Hall–Kier alpha value is -3.60. The van der Waals surface area contributed by atoms with Gasteiger partial charge in [0.2, 0.25) is 5.95 Å². The second-order valence-corrected chi connectivity index (χ2v) is 6.11. The van der Waals surface area contributed by atoms with Crippen LogP contribution in [0.3, 0.4) is 0 Å². The average Bonchev–Trinajstić information content (AvgIpc) is 3.30. The topological polar surface area (TPSA) is 84.7 Å². The minimum atomic E-state index is -0.547. The van der Waals surface area contributed by atoms with Gasteiger partial charge in [-0.15, -0.1) is 0 Å². The van der Waals surface area contributed by atoms with Crippen molar-refractivity contribution in [2.75, 3.05) is 0 Å². The highest BCUT2D eigenvalue weighted by Gasteiger charge is 2.15. The lowest BCUT2D eigenvalue weighted by molar-refractivity contribution is 0.584. The fraction of sp³-hybridized carbons (Fsp3) is 0.211. The van der Waals surface area contributed by atoms with Gasteiger partial charge in [-0.25, -0.2) is 19.9 Å². The predicted octanol–water partition coefficient (Wildman–Crippen LogP) is 3.00. The van der Waals surface area contributed by atoms with E-state index >= 15 is 0 Å². The first-order chi connectivity index (χ1) is 13.2. The quantitative estimate of drug-likeness (QED) is 0.510. The van der Waals surface area contributed by atoms with Crippen molar-refractivity contribution in [2.45, 2.75) is 26.3 Å². The molecule has 0 bridgehead atoms. The smallest absolute Gasteiger partial charge is 0.213 e. The summed E-state index contributed by atoms with van der Waals surface area (Å²) in [6.07, 6.45) is 8.51. The summed E-state index contributed by atoms with van der Waals surface area (Å²) in [7, 11) is 0. The molecule has 0 fully saturated rings. The van der Waals surface area contributed by atoms with Crippen LogP contribution in [0.5, 0.6) is 0 Å². The van der Waals surface area contributed by atoms with E-state index in [4.69, 9.17) is 5.26 Å². The summed E-state index contributed by atoms with van der Waals surface area (Å²) in [6.45, 7) is 2.54. The van der Waals surface area contributed by atoms with Crippen molar-refractivity contribution in [2.24, 2.45) is 0 Å². The first-order valence-corrected chi connectivity index (χ1v) is 8.59. The lowest BCUT2D eigenvalue weighted by atomic mass is 10.1. The highest BCUT2D eigenvalue weighted by atomic mass is 19.1. The molecule has 134 valence electrons. The van der Waals surface area contributed by atoms with Crippen LogP contribution in [0.15, 0.2) is 43.1 Å². The summed E-state index contributed by atoms with van der Waals surface area (Å²) in [5.41, 5.74) is 3.40. The Morgan fingerprint density at radius 2 is 2.11 bits per heavy atom. The summed E-state index contributed by atoms with van der Waals surface area (Å²) < 4.78 is 17.2. The van der Waals surface area contributed by atoms with Gasteiger partial charge in [0.15, 0.2) is 11.5 Å². The Bertz CT molecular complexity index is 1150. The van der Waals surface area contributed by atoms with Gasteiger partial charge in [0.05, 0.1) is 12.2 Å². The zero-order valence-electron chi connectivity index (χ0n) is 14.7. The third-order valence-electron chi connectivity index (χ3n) is 4.28. The van der Waals surface area contributed by atoms with Gasteiger partial charge < -0.3 is 4.57 Å². The number of pyridine rings is 1. The number of fused-ring (bicyclic) bond motifs is 1. The summed E-state index contributed by atoms with van der Waals surface area (Å²) in [6, 6.07) is 6.70. The maximum atomic E-state index is 13.5. The van der Waals surface area contributed by atoms with E-state index in [1.807, 2.05) is 10.8 Å². The number of hydrogen-bond donors (Lipinski definition) is 0. The zero-order valence-corrected chi connectivity index (χ0v) is 14.7. The van der Waals surface area contributed by atoms with Crippen LogP contribution >= 0.6 is 0 Å². The maximum absolute atomic E-state index is 13.5. The lowest BCUT2D eigenvalue weighted by Gasteiger charge is -2.12. The summed E-state index contributed by atoms with van der Waals surface area (Å²) in [4.78, 5) is 17.2. The van der Waals surface area contributed by atoms with Gasteiger partial charge in [0, 0.05) is 24.2 Å².